The highest BCUT2D eigenvalue weighted by molar-refractivity contribution is 5.89. The molecule has 0 aliphatic carbocycles. The van der Waals surface area contributed by atoms with Crippen molar-refractivity contribution in [2.75, 3.05) is 5.32 Å². The predicted octanol–water partition coefficient (Wildman–Crippen LogP) is 2.15. The van der Waals surface area contributed by atoms with Gasteiger partial charge in [0.2, 0.25) is 5.91 Å². The molecule has 0 saturated heterocycles. The van der Waals surface area contributed by atoms with E-state index in [9.17, 15) is 4.79 Å². The Bertz CT molecular complexity index is 541. The average molecular weight is 256 g/mol. The number of rotatable bonds is 5. The fraction of sp³-hybridized carbons (Fsp3) is 0.200. The number of aliphatic hydroxyl groups excluding tert-OH is 1. The summed E-state index contributed by atoms with van der Waals surface area (Å²) in [5.74, 6) is 0.399. The van der Waals surface area contributed by atoms with Gasteiger partial charge in [-0.1, -0.05) is 36.4 Å². The van der Waals surface area contributed by atoms with Crippen LogP contribution >= 0.6 is 0 Å². The molecule has 2 aromatic rings. The Morgan fingerprint density at radius 1 is 1.11 bits per heavy atom. The number of nitrogens with one attached hydrogen (secondary N) is 1. The van der Waals surface area contributed by atoms with Crippen LogP contribution in [-0.2, 0) is 17.8 Å². The van der Waals surface area contributed by atoms with E-state index in [2.05, 4.69) is 10.3 Å². The predicted molar refractivity (Wildman–Crippen MR) is 73.6 cm³/mol. The van der Waals surface area contributed by atoms with E-state index in [0.717, 1.165) is 5.56 Å². The number of carbonyl (C=O) groups excluding carboxylic acids is 1. The summed E-state index contributed by atoms with van der Waals surface area (Å²) in [7, 11) is 0. The van der Waals surface area contributed by atoms with Gasteiger partial charge in [-0.2, -0.15) is 0 Å². The van der Waals surface area contributed by atoms with Crippen molar-refractivity contribution in [1.82, 2.24) is 4.98 Å². The molecule has 1 heterocycles. The standard InChI is InChI=1S/C15H16N2O2/c18-11-13-7-4-8-14(16-13)17-15(19)10-9-12-5-2-1-3-6-12/h1-8,18H,9-11H2,(H,16,17,19). The summed E-state index contributed by atoms with van der Waals surface area (Å²) in [6.07, 6.45) is 1.11. The number of pyridine rings is 1. The number of amides is 1. The lowest BCUT2D eigenvalue weighted by Gasteiger charge is -2.05. The molecular formula is C15H16N2O2. The molecule has 0 fully saturated rings. The monoisotopic (exact) mass is 256 g/mol. The largest absolute Gasteiger partial charge is 0.390 e. The second-order valence-electron chi connectivity index (χ2n) is 4.21. The maximum Gasteiger partial charge on any atom is 0.225 e. The molecule has 0 saturated carbocycles. The molecule has 4 heteroatoms. The van der Waals surface area contributed by atoms with Crippen molar-refractivity contribution >= 4 is 11.7 Å². The van der Waals surface area contributed by atoms with Gasteiger partial charge in [0.15, 0.2) is 0 Å². The van der Waals surface area contributed by atoms with Gasteiger partial charge in [-0.25, -0.2) is 4.98 Å². The van der Waals surface area contributed by atoms with Crippen LogP contribution in [-0.4, -0.2) is 16.0 Å². The number of benzene rings is 1. The van der Waals surface area contributed by atoms with Crippen molar-refractivity contribution in [1.29, 1.82) is 0 Å². The van der Waals surface area contributed by atoms with Crippen LogP contribution in [0.2, 0.25) is 0 Å². The summed E-state index contributed by atoms with van der Waals surface area (Å²) >= 11 is 0. The van der Waals surface area contributed by atoms with Crippen LogP contribution < -0.4 is 5.32 Å². The van der Waals surface area contributed by atoms with Gasteiger partial charge >= 0.3 is 0 Å². The Kier molecular flexibility index (Phi) is 4.64. The number of aliphatic hydroxyl groups is 1. The van der Waals surface area contributed by atoms with E-state index in [1.807, 2.05) is 30.3 Å². The van der Waals surface area contributed by atoms with Crippen LogP contribution in [0.1, 0.15) is 17.7 Å². The van der Waals surface area contributed by atoms with Crippen LogP contribution in [0.4, 0.5) is 5.82 Å². The average Bonchev–Trinajstić information content (AvgIpc) is 2.46. The van der Waals surface area contributed by atoms with Crippen LogP contribution in [0, 0.1) is 0 Å². The number of carbonyl (C=O) groups is 1. The van der Waals surface area contributed by atoms with E-state index in [0.29, 0.717) is 24.4 Å². The van der Waals surface area contributed by atoms with E-state index in [1.165, 1.54) is 0 Å². The molecule has 1 aromatic heterocycles. The van der Waals surface area contributed by atoms with Crippen molar-refractivity contribution in [3.8, 4) is 0 Å². The number of hydrogen-bond donors (Lipinski definition) is 2. The number of aromatic nitrogens is 1. The molecule has 0 atom stereocenters. The van der Waals surface area contributed by atoms with Gasteiger partial charge < -0.3 is 10.4 Å². The lowest BCUT2D eigenvalue weighted by atomic mass is 10.1. The lowest BCUT2D eigenvalue weighted by molar-refractivity contribution is -0.116. The van der Waals surface area contributed by atoms with Crippen LogP contribution in [0.5, 0.6) is 0 Å². The van der Waals surface area contributed by atoms with E-state index >= 15 is 0 Å². The summed E-state index contributed by atoms with van der Waals surface area (Å²) in [5, 5.41) is 11.7. The zero-order valence-corrected chi connectivity index (χ0v) is 10.5. The molecule has 1 aromatic carbocycles. The third kappa shape index (κ3) is 4.19. The van der Waals surface area contributed by atoms with E-state index in [-0.39, 0.29) is 12.5 Å². The van der Waals surface area contributed by atoms with E-state index < -0.39 is 0 Å². The molecule has 1 amide bonds. The molecule has 0 aliphatic rings. The first-order valence-electron chi connectivity index (χ1n) is 6.18. The quantitative estimate of drug-likeness (QED) is 0.861. The Balaban J connectivity index is 1.87. The van der Waals surface area contributed by atoms with Crippen LogP contribution in [0.25, 0.3) is 0 Å². The number of nitrogens with zero attached hydrogens (tertiary/aromatic N) is 1. The first-order valence-corrected chi connectivity index (χ1v) is 6.18. The van der Waals surface area contributed by atoms with E-state index in [1.54, 1.807) is 18.2 Å². The fourth-order valence-corrected chi connectivity index (χ4v) is 1.75. The molecule has 4 nitrogen and oxygen atoms in total. The normalized spacial score (nSPS) is 10.2. The molecule has 2 N–H and O–H groups in total. The highest BCUT2D eigenvalue weighted by Gasteiger charge is 2.04. The Labute approximate surface area is 112 Å². The van der Waals surface area contributed by atoms with Crippen molar-refractivity contribution < 1.29 is 9.90 Å². The first-order chi connectivity index (χ1) is 9.28. The summed E-state index contributed by atoms with van der Waals surface area (Å²) in [5.41, 5.74) is 1.68. The minimum Gasteiger partial charge on any atom is -0.390 e. The van der Waals surface area contributed by atoms with Gasteiger partial charge in [-0.05, 0) is 24.1 Å². The number of aryl methyl sites for hydroxylation is 1. The molecule has 0 radical (unpaired) electrons. The minimum absolute atomic E-state index is 0.0774. The van der Waals surface area contributed by atoms with E-state index in [4.69, 9.17) is 5.11 Å². The molecular weight excluding hydrogens is 240 g/mol. The van der Waals surface area contributed by atoms with Crippen molar-refractivity contribution in [2.24, 2.45) is 0 Å². The summed E-state index contributed by atoms with van der Waals surface area (Å²) in [6, 6.07) is 15.0. The molecule has 98 valence electrons. The zero-order valence-electron chi connectivity index (χ0n) is 10.5. The van der Waals surface area contributed by atoms with Gasteiger partial charge in [0.25, 0.3) is 0 Å². The highest BCUT2D eigenvalue weighted by atomic mass is 16.3. The zero-order chi connectivity index (χ0) is 13.5. The topological polar surface area (TPSA) is 62.2 Å². The summed E-state index contributed by atoms with van der Waals surface area (Å²) < 4.78 is 0. The summed E-state index contributed by atoms with van der Waals surface area (Å²) in [6.45, 7) is -0.131. The Morgan fingerprint density at radius 2 is 1.89 bits per heavy atom. The fourth-order valence-electron chi connectivity index (χ4n) is 1.75. The minimum atomic E-state index is -0.131. The lowest BCUT2D eigenvalue weighted by Crippen LogP contribution is -2.13. The SMILES string of the molecule is O=C(CCc1ccccc1)Nc1cccc(CO)n1. The molecule has 0 unspecified atom stereocenters. The van der Waals surface area contributed by atoms with Crippen molar-refractivity contribution in [3.05, 3.63) is 59.8 Å². The van der Waals surface area contributed by atoms with Crippen molar-refractivity contribution in [2.45, 2.75) is 19.4 Å². The van der Waals surface area contributed by atoms with Crippen LogP contribution in [0.3, 0.4) is 0 Å². The maximum absolute atomic E-state index is 11.8. The van der Waals surface area contributed by atoms with Gasteiger partial charge in [-0.3, -0.25) is 4.79 Å². The highest BCUT2D eigenvalue weighted by Crippen LogP contribution is 2.07. The Hall–Kier alpha value is -2.20. The molecule has 0 aliphatic heterocycles. The van der Waals surface area contributed by atoms with Crippen LogP contribution in [0.15, 0.2) is 48.5 Å². The van der Waals surface area contributed by atoms with Gasteiger partial charge in [-0.15, -0.1) is 0 Å². The third-order valence-electron chi connectivity index (χ3n) is 2.72. The number of hydrogen-bond acceptors (Lipinski definition) is 3. The second kappa shape index (κ2) is 6.66. The van der Waals surface area contributed by atoms with Gasteiger partial charge in [0.1, 0.15) is 5.82 Å². The summed E-state index contributed by atoms with van der Waals surface area (Å²) in [4.78, 5) is 15.9. The first kappa shape index (κ1) is 13.2. The Morgan fingerprint density at radius 3 is 2.63 bits per heavy atom. The third-order valence-corrected chi connectivity index (χ3v) is 2.72. The molecule has 0 spiro atoms. The van der Waals surface area contributed by atoms with Gasteiger partial charge in [0.05, 0.1) is 12.3 Å². The number of anilines is 1. The smallest absolute Gasteiger partial charge is 0.225 e. The van der Waals surface area contributed by atoms with Crippen molar-refractivity contribution in [3.63, 3.8) is 0 Å². The van der Waals surface area contributed by atoms with Gasteiger partial charge in [0, 0.05) is 6.42 Å². The second-order valence-corrected chi connectivity index (χ2v) is 4.21. The molecule has 0 bridgehead atoms. The molecule has 2 rings (SSSR count). The molecule has 19 heavy (non-hydrogen) atoms. The maximum atomic E-state index is 11.8.